The summed E-state index contributed by atoms with van der Waals surface area (Å²) in [5.74, 6) is -3.50. The number of carbonyl (C=O) groups excluding carboxylic acids is 2. The van der Waals surface area contributed by atoms with E-state index in [0.717, 1.165) is 6.07 Å². The van der Waals surface area contributed by atoms with Crippen LogP contribution in [0.25, 0.3) is 0 Å². The molecule has 0 saturated carbocycles. The fourth-order valence-electron chi connectivity index (χ4n) is 1.73. The molecule has 0 bridgehead atoms. The first kappa shape index (κ1) is 16.0. The van der Waals surface area contributed by atoms with Crippen molar-refractivity contribution in [3.63, 3.8) is 0 Å². The Morgan fingerprint density at radius 1 is 1.30 bits per heavy atom. The summed E-state index contributed by atoms with van der Waals surface area (Å²) >= 11 is 0. The summed E-state index contributed by atoms with van der Waals surface area (Å²) in [7, 11) is 0. The topological polar surface area (TPSA) is 84.2 Å². The molecule has 0 heterocycles. The van der Waals surface area contributed by atoms with Gasteiger partial charge in [0.05, 0.1) is 11.3 Å². The minimum Gasteiger partial charge on any atom is -0.366 e. The molecule has 7 heteroatoms. The van der Waals surface area contributed by atoms with Crippen LogP contribution in [0.2, 0.25) is 0 Å². The number of nitrogens with two attached hydrogens (primary N) is 1. The predicted octanol–water partition coefficient (Wildman–Crippen LogP) is 1.39. The summed E-state index contributed by atoms with van der Waals surface area (Å²) < 4.78 is 26.8. The lowest BCUT2D eigenvalue weighted by molar-refractivity contribution is -0.116. The fourth-order valence-corrected chi connectivity index (χ4v) is 1.73. The molecule has 0 fully saturated rings. The van der Waals surface area contributed by atoms with Gasteiger partial charge in [-0.3, -0.25) is 9.59 Å². The van der Waals surface area contributed by atoms with Gasteiger partial charge in [0, 0.05) is 18.5 Å². The molecule has 20 heavy (non-hydrogen) atoms. The Morgan fingerprint density at radius 2 is 1.95 bits per heavy atom. The van der Waals surface area contributed by atoms with Crippen LogP contribution in [-0.4, -0.2) is 24.4 Å². The maximum absolute atomic E-state index is 13.5. The highest BCUT2D eigenvalue weighted by atomic mass is 19.1. The quantitative estimate of drug-likeness (QED) is 0.738. The van der Waals surface area contributed by atoms with Crippen LogP contribution in [0, 0.1) is 11.6 Å². The molecule has 1 aromatic carbocycles. The first-order valence-electron chi connectivity index (χ1n) is 6.17. The van der Waals surface area contributed by atoms with Crippen molar-refractivity contribution in [2.75, 3.05) is 11.9 Å². The molecule has 1 unspecified atom stereocenters. The molecule has 2 amide bonds. The molecule has 0 aliphatic rings. The highest BCUT2D eigenvalue weighted by Gasteiger charge is 2.16. The van der Waals surface area contributed by atoms with E-state index in [1.807, 2.05) is 6.92 Å². The Morgan fingerprint density at radius 3 is 2.50 bits per heavy atom. The number of anilines is 1. The number of hydrogen-bond acceptors (Lipinski definition) is 3. The highest BCUT2D eigenvalue weighted by Crippen LogP contribution is 2.19. The molecule has 0 aliphatic heterocycles. The smallest absolute Gasteiger partial charge is 0.251 e. The van der Waals surface area contributed by atoms with Gasteiger partial charge < -0.3 is 16.4 Å². The number of amides is 2. The standard InChI is InChI=1S/C13H17F2N3O2/c1-3-17-7(2)4-12(19)18-11-5-8(13(16)20)9(14)6-10(11)15/h5-7,17H,3-4H2,1-2H3,(H2,16,20)(H,18,19). The summed E-state index contributed by atoms with van der Waals surface area (Å²) in [5, 5.41) is 5.32. The van der Waals surface area contributed by atoms with Gasteiger partial charge in [0.1, 0.15) is 11.6 Å². The zero-order chi connectivity index (χ0) is 15.3. The highest BCUT2D eigenvalue weighted by molar-refractivity contribution is 5.96. The van der Waals surface area contributed by atoms with E-state index < -0.39 is 29.0 Å². The molecule has 4 N–H and O–H groups in total. The first-order chi connectivity index (χ1) is 9.35. The number of primary amides is 1. The van der Waals surface area contributed by atoms with Crippen molar-refractivity contribution >= 4 is 17.5 Å². The maximum atomic E-state index is 13.5. The fraction of sp³-hybridized carbons (Fsp3) is 0.385. The summed E-state index contributed by atoms with van der Waals surface area (Å²) in [5.41, 5.74) is 4.22. The zero-order valence-electron chi connectivity index (χ0n) is 11.3. The Kier molecular flexibility index (Phi) is 5.57. The largest absolute Gasteiger partial charge is 0.366 e. The molecule has 0 saturated heterocycles. The van der Waals surface area contributed by atoms with Crippen LogP contribution >= 0.6 is 0 Å². The van der Waals surface area contributed by atoms with E-state index >= 15 is 0 Å². The first-order valence-corrected chi connectivity index (χ1v) is 6.17. The minimum atomic E-state index is -1.06. The predicted molar refractivity (Wildman–Crippen MR) is 71.3 cm³/mol. The van der Waals surface area contributed by atoms with Crippen molar-refractivity contribution in [1.29, 1.82) is 0 Å². The van der Waals surface area contributed by atoms with Crippen LogP contribution in [0.1, 0.15) is 30.6 Å². The van der Waals surface area contributed by atoms with Gasteiger partial charge in [0.2, 0.25) is 5.91 Å². The van der Waals surface area contributed by atoms with E-state index in [0.29, 0.717) is 12.6 Å². The van der Waals surface area contributed by atoms with Crippen LogP contribution in [0.4, 0.5) is 14.5 Å². The Labute approximate surface area is 115 Å². The third-order valence-electron chi connectivity index (χ3n) is 2.64. The van der Waals surface area contributed by atoms with E-state index in [1.54, 1.807) is 6.92 Å². The molecular weight excluding hydrogens is 268 g/mol. The molecule has 110 valence electrons. The maximum Gasteiger partial charge on any atom is 0.251 e. The molecular formula is C13H17F2N3O2. The Balaban J connectivity index is 2.84. The second kappa shape index (κ2) is 6.95. The average Bonchev–Trinajstić information content (AvgIpc) is 2.32. The van der Waals surface area contributed by atoms with E-state index in [4.69, 9.17) is 5.73 Å². The van der Waals surface area contributed by atoms with Crippen molar-refractivity contribution in [1.82, 2.24) is 5.32 Å². The van der Waals surface area contributed by atoms with E-state index in [-0.39, 0.29) is 18.2 Å². The second-order valence-corrected chi connectivity index (χ2v) is 4.39. The van der Waals surface area contributed by atoms with Crippen molar-refractivity contribution in [3.05, 3.63) is 29.3 Å². The summed E-state index contributed by atoms with van der Waals surface area (Å²) in [4.78, 5) is 22.7. The third kappa shape index (κ3) is 4.27. The van der Waals surface area contributed by atoms with Crippen molar-refractivity contribution in [3.8, 4) is 0 Å². The van der Waals surface area contributed by atoms with Gasteiger partial charge in [0.25, 0.3) is 5.91 Å². The van der Waals surface area contributed by atoms with Gasteiger partial charge in [-0.15, -0.1) is 0 Å². The van der Waals surface area contributed by atoms with Gasteiger partial charge in [-0.1, -0.05) is 6.92 Å². The number of halogens is 2. The Bertz CT molecular complexity index is 521. The van der Waals surface area contributed by atoms with Crippen LogP contribution in [0.15, 0.2) is 12.1 Å². The molecule has 1 aromatic rings. The molecule has 1 rings (SSSR count). The zero-order valence-corrected chi connectivity index (χ0v) is 11.3. The van der Waals surface area contributed by atoms with Crippen LogP contribution in [0.5, 0.6) is 0 Å². The average molecular weight is 285 g/mol. The van der Waals surface area contributed by atoms with Crippen molar-refractivity contribution in [2.24, 2.45) is 5.73 Å². The van der Waals surface area contributed by atoms with Crippen LogP contribution in [0.3, 0.4) is 0 Å². The molecule has 0 radical (unpaired) electrons. The van der Waals surface area contributed by atoms with Crippen LogP contribution < -0.4 is 16.4 Å². The second-order valence-electron chi connectivity index (χ2n) is 4.39. The van der Waals surface area contributed by atoms with Crippen molar-refractivity contribution < 1.29 is 18.4 Å². The van der Waals surface area contributed by atoms with Gasteiger partial charge in [0.15, 0.2) is 0 Å². The van der Waals surface area contributed by atoms with E-state index in [1.165, 1.54) is 0 Å². The Hall–Kier alpha value is -2.02. The number of carbonyl (C=O) groups is 2. The van der Waals surface area contributed by atoms with E-state index in [9.17, 15) is 18.4 Å². The number of hydrogen-bond donors (Lipinski definition) is 3. The lowest BCUT2D eigenvalue weighted by Crippen LogP contribution is -2.30. The van der Waals surface area contributed by atoms with E-state index in [2.05, 4.69) is 10.6 Å². The number of nitrogens with one attached hydrogen (secondary N) is 2. The molecule has 1 atom stereocenters. The number of rotatable bonds is 6. The summed E-state index contributed by atoms with van der Waals surface area (Å²) in [6.45, 7) is 4.40. The monoisotopic (exact) mass is 285 g/mol. The third-order valence-corrected chi connectivity index (χ3v) is 2.64. The summed E-state index contributed by atoms with van der Waals surface area (Å²) in [6, 6.07) is 1.32. The molecule has 0 aliphatic carbocycles. The van der Waals surface area contributed by atoms with Gasteiger partial charge in [-0.05, 0) is 19.5 Å². The summed E-state index contributed by atoms with van der Waals surface area (Å²) in [6.07, 6.45) is 0.122. The van der Waals surface area contributed by atoms with Crippen LogP contribution in [-0.2, 0) is 4.79 Å². The molecule has 0 spiro atoms. The molecule has 5 nitrogen and oxygen atoms in total. The van der Waals surface area contributed by atoms with Crippen molar-refractivity contribution in [2.45, 2.75) is 26.3 Å². The van der Waals surface area contributed by atoms with Gasteiger partial charge in [-0.25, -0.2) is 8.78 Å². The van der Waals surface area contributed by atoms with Gasteiger partial charge in [-0.2, -0.15) is 0 Å². The lowest BCUT2D eigenvalue weighted by atomic mass is 10.1. The normalized spacial score (nSPS) is 12.0. The lowest BCUT2D eigenvalue weighted by Gasteiger charge is -2.13. The van der Waals surface area contributed by atoms with Gasteiger partial charge >= 0.3 is 0 Å². The minimum absolute atomic E-state index is 0.0841. The SMILES string of the molecule is CCNC(C)CC(=O)Nc1cc(C(N)=O)c(F)cc1F. The molecule has 0 aromatic heterocycles. The number of benzene rings is 1.